The van der Waals surface area contributed by atoms with Crippen LogP contribution in [0.1, 0.15) is 25.8 Å². The Hall–Kier alpha value is -1.49. The van der Waals surface area contributed by atoms with Gasteiger partial charge in [-0.05, 0) is 11.5 Å². The summed E-state index contributed by atoms with van der Waals surface area (Å²) in [6.45, 7) is 4.02. The first kappa shape index (κ1) is 15.6. The van der Waals surface area contributed by atoms with Crippen LogP contribution in [-0.2, 0) is 16.1 Å². The van der Waals surface area contributed by atoms with Crippen LogP contribution < -0.4 is 5.32 Å². The first-order valence-corrected chi connectivity index (χ1v) is 6.69. The number of hydrogen-bond acceptors (Lipinski definition) is 3. The molecule has 1 aromatic carbocycles. The largest absolute Gasteiger partial charge is 0.445 e. The summed E-state index contributed by atoms with van der Waals surface area (Å²) >= 11 is 3.79. The fourth-order valence-electron chi connectivity index (χ4n) is 1.57. The van der Waals surface area contributed by atoms with Crippen LogP contribution in [0.4, 0.5) is 4.79 Å². The van der Waals surface area contributed by atoms with Gasteiger partial charge in [0.2, 0.25) is 5.12 Å². The van der Waals surface area contributed by atoms with Crippen molar-refractivity contribution in [3.8, 4) is 0 Å². The van der Waals surface area contributed by atoms with Crippen LogP contribution in [0.2, 0.25) is 0 Å². The van der Waals surface area contributed by atoms with Crippen molar-refractivity contribution in [3.63, 3.8) is 0 Å². The third kappa shape index (κ3) is 5.34. The SMILES string of the molecule is CC[C@H](C)[C@H](NC(=O)OCc1ccccc1)C(=O)S. The van der Waals surface area contributed by atoms with E-state index >= 15 is 0 Å². The van der Waals surface area contributed by atoms with Gasteiger partial charge >= 0.3 is 6.09 Å². The Labute approximate surface area is 118 Å². The molecular weight excluding hydrogens is 262 g/mol. The molecule has 5 heteroatoms. The maximum atomic E-state index is 11.6. The van der Waals surface area contributed by atoms with Gasteiger partial charge in [0.1, 0.15) is 12.6 Å². The Balaban J connectivity index is 2.47. The van der Waals surface area contributed by atoms with Crippen LogP contribution in [0, 0.1) is 5.92 Å². The fraction of sp³-hybridized carbons (Fsp3) is 0.429. The standard InChI is InChI=1S/C14H19NO3S/c1-3-10(2)12(13(16)19)15-14(17)18-9-11-7-5-4-6-8-11/h4-8,10,12H,3,9H2,1-2H3,(H,15,17)(H,16,19)/t10-,12-/m0/s1. The first-order chi connectivity index (χ1) is 9.04. The summed E-state index contributed by atoms with van der Waals surface area (Å²) in [5.41, 5.74) is 0.898. The third-order valence-corrected chi connectivity index (χ3v) is 3.24. The van der Waals surface area contributed by atoms with E-state index in [-0.39, 0.29) is 17.6 Å². The predicted octanol–water partition coefficient (Wildman–Crippen LogP) is 2.78. The second-order valence-corrected chi connectivity index (χ2v) is 4.85. The normalized spacial score (nSPS) is 13.4. The molecule has 0 saturated heterocycles. The zero-order valence-electron chi connectivity index (χ0n) is 11.1. The maximum Gasteiger partial charge on any atom is 0.408 e. The second kappa shape index (κ2) is 7.84. The molecule has 4 nitrogen and oxygen atoms in total. The second-order valence-electron chi connectivity index (χ2n) is 4.41. The highest BCUT2D eigenvalue weighted by Gasteiger charge is 2.23. The van der Waals surface area contributed by atoms with Crippen molar-refractivity contribution in [3.05, 3.63) is 35.9 Å². The van der Waals surface area contributed by atoms with Crippen molar-refractivity contribution in [2.24, 2.45) is 5.92 Å². The van der Waals surface area contributed by atoms with Gasteiger partial charge in [0, 0.05) is 0 Å². The van der Waals surface area contributed by atoms with E-state index in [0.29, 0.717) is 0 Å². The summed E-state index contributed by atoms with van der Waals surface area (Å²) in [5.74, 6) is 0.0225. The number of ether oxygens (including phenoxy) is 1. The van der Waals surface area contributed by atoms with Crippen LogP contribution in [-0.4, -0.2) is 17.3 Å². The highest BCUT2D eigenvalue weighted by atomic mass is 32.1. The zero-order chi connectivity index (χ0) is 14.3. The molecule has 0 spiro atoms. The minimum Gasteiger partial charge on any atom is -0.445 e. The molecule has 0 aliphatic carbocycles. The highest BCUT2D eigenvalue weighted by molar-refractivity contribution is 7.96. The van der Waals surface area contributed by atoms with Gasteiger partial charge in [-0.2, -0.15) is 0 Å². The molecule has 0 saturated carbocycles. The van der Waals surface area contributed by atoms with Gasteiger partial charge < -0.3 is 10.1 Å². The lowest BCUT2D eigenvalue weighted by molar-refractivity contribution is -0.113. The van der Waals surface area contributed by atoms with Crippen molar-refractivity contribution in [2.75, 3.05) is 0 Å². The molecule has 0 bridgehead atoms. The number of amides is 1. The topological polar surface area (TPSA) is 55.4 Å². The summed E-state index contributed by atoms with van der Waals surface area (Å²) in [5, 5.41) is 2.19. The molecular formula is C14H19NO3S. The summed E-state index contributed by atoms with van der Waals surface area (Å²) < 4.78 is 5.07. The molecule has 1 N–H and O–H groups in total. The average Bonchev–Trinajstić information content (AvgIpc) is 2.42. The maximum absolute atomic E-state index is 11.6. The number of alkyl carbamates (subject to hydrolysis) is 1. The fourth-order valence-corrected chi connectivity index (χ4v) is 1.89. The number of carbonyl (C=O) groups excluding carboxylic acids is 2. The van der Waals surface area contributed by atoms with E-state index in [9.17, 15) is 9.59 Å². The van der Waals surface area contributed by atoms with Gasteiger partial charge in [-0.1, -0.05) is 50.6 Å². The van der Waals surface area contributed by atoms with Crippen molar-refractivity contribution < 1.29 is 14.3 Å². The molecule has 104 valence electrons. The molecule has 1 aromatic rings. The third-order valence-electron chi connectivity index (χ3n) is 2.97. The average molecular weight is 281 g/mol. The molecule has 0 unspecified atom stereocenters. The Kier molecular flexibility index (Phi) is 6.42. The minimum absolute atomic E-state index is 0.0225. The van der Waals surface area contributed by atoms with Crippen molar-refractivity contribution in [1.29, 1.82) is 0 Å². The molecule has 19 heavy (non-hydrogen) atoms. The van der Waals surface area contributed by atoms with Crippen LogP contribution in [0.3, 0.4) is 0 Å². The molecule has 2 atom stereocenters. The molecule has 0 fully saturated rings. The minimum atomic E-state index is -0.614. The van der Waals surface area contributed by atoms with Gasteiger partial charge in [-0.15, -0.1) is 12.6 Å². The Morgan fingerprint density at radius 2 is 1.95 bits per heavy atom. The lowest BCUT2D eigenvalue weighted by Crippen LogP contribution is -2.43. The number of benzene rings is 1. The van der Waals surface area contributed by atoms with Gasteiger partial charge in [0.15, 0.2) is 0 Å². The number of hydrogen-bond donors (Lipinski definition) is 2. The van der Waals surface area contributed by atoms with Crippen LogP contribution in [0.25, 0.3) is 0 Å². The van der Waals surface area contributed by atoms with Gasteiger partial charge in [-0.25, -0.2) is 4.79 Å². The van der Waals surface area contributed by atoms with E-state index in [1.807, 2.05) is 44.2 Å². The lowest BCUT2D eigenvalue weighted by Gasteiger charge is -2.20. The van der Waals surface area contributed by atoms with E-state index in [0.717, 1.165) is 12.0 Å². The molecule has 1 amide bonds. The quantitative estimate of drug-likeness (QED) is 0.788. The number of thiol groups is 1. The van der Waals surface area contributed by atoms with Crippen LogP contribution in [0.5, 0.6) is 0 Å². The van der Waals surface area contributed by atoms with E-state index in [2.05, 4.69) is 17.9 Å². The number of carbonyl (C=O) groups is 2. The molecule has 0 aliphatic rings. The molecule has 0 heterocycles. The van der Waals surface area contributed by atoms with Crippen molar-refractivity contribution >= 4 is 23.8 Å². The summed E-state index contributed by atoms with van der Waals surface area (Å²) in [6, 6.07) is 8.75. The molecule has 0 aromatic heterocycles. The predicted molar refractivity (Wildman–Crippen MR) is 77.0 cm³/mol. The summed E-state index contributed by atoms with van der Waals surface area (Å²) in [6.07, 6.45) is 0.173. The monoisotopic (exact) mass is 281 g/mol. The zero-order valence-corrected chi connectivity index (χ0v) is 12.0. The number of nitrogens with one attached hydrogen (secondary N) is 1. The Bertz CT molecular complexity index is 422. The first-order valence-electron chi connectivity index (χ1n) is 6.24. The van der Waals surface area contributed by atoms with Gasteiger partial charge in [-0.3, -0.25) is 4.79 Å². The molecule has 0 aliphatic heterocycles. The van der Waals surface area contributed by atoms with Crippen LogP contribution >= 0.6 is 12.6 Å². The van der Waals surface area contributed by atoms with Crippen LogP contribution in [0.15, 0.2) is 30.3 Å². The molecule has 1 rings (SSSR count). The smallest absolute Gasteiger partial charge is 0.408 e. The van der Waals surface area contributed by atoms with E-state index in [4.69, 9.17) is 4.74 Å². The van der Waals surface area contributed by atoms with Crippen molar-refractivity contribution in [2.45, 2.75) is 32.9 Å². The number of rotatable bonds is 6. The van der Waals surface area contributed by atoms with Gasteiger partial charge in [0.25, 0.3) is 0 Å². The Morgan fingerprint density at radius 3 is 2.47 bits per heavy atom. The van der Waals surface area contributed by atoms with E-state index < -0.39 is 12.1 Å². The molecule has 0 radical (unpaired) electrons. The summed E-state index contributed by atoms with van der Waals surface area (Å²) in [4.78, 5) is 23.0. The highest BCUT2D eigenvalue weighted by Crippen LogP contribution is 2.11. The van der Waals surface area contributed by atoms with Crippen molar-refractivity contribution in [1.82, 2.24) is 5.32 Å². The van der Waals surface area contributed by atoms with E-state index in [1.165, 1.54) is 0 Å². The van der Waals surface area contributed by atoms with Gasteiger partial charge in [0.05, 0.1) is 0 Å². The lowest BCUT2D eigenvalue weighted by atomic mass is 10.0. The summed E-state index contributed by atoms with van der Waals surface area (Å²) in [7, 11) is 0. The Morgan fingerprint density at radius 1 is 1.32 bits per heavy atom. The van der Waals surface area contributed by atoms with E-state index in [1.54, 1.807) is 0 Å².